The molecule has 0 aliphatic rings. The summed E-state index contributed by atoms with van der Waals surface area (Å²) < 4.78 is 81.2. The number of nitrogens with one attached hydrogen (secondary N) is 1. The van der Waals surface area contributed by atoms with Gasteiger partial charge in [0, 0.05) is 34.7 Å². The number of benzene rings is 2. The van der Waals surface area contributed by atoms with Gasteiger partial charge in [0.15, 0.2) is 5.69 Å². The van der Waals surface area contributed by atoms with E-state index in [0.717, 1.165) is 30.3 Å². The maximum Gasteiger partial charge on any atom is 0.418 e. The van der Waals surface area contributed by atoms with Crippen LogP contribution < -0.4 is 5.32 Å². The molecule has 0 fully saturated rings. The van der Waals surface area contributed by atoms with Crippen LogP contribution in [0.2, 0.25) is 0 Å². The molecule has 0 spiro atoms. The van der Waals surface area contributed by atoms with E-state index in [2.05, 4.69) is 20.4 Å². The molecule has 3 heterocycles. The Labute approximate surface area is 216 Å². The van der Waals surface area contributed by atoms with E-state index in [1.54, 1.807) is 25.1 Å². The maximum absolute atomic E-state index is 13.7. The maximum atomic E-state index is 13.7. The molecule has 0 radical (unpaired) electrons. The molecule has 5 rings (SSSR count). The van der Waals surface area contributed by atoms with Crippen LogP contribution in [0.5, 0.6) is 0 Å². The number of anilines is 1. The summed E-state index contributed by atoms with van der Waals surface area (Å²) in [5, 5.41) is 7.03. The Balaban J connectivity index is 1.63. The van der Waals surface area contributed by atoms with E-state index in [4.69, 9.17) is 0 Å². The SMILES string of the molecule is Cc1cc(-n2nc(C(=O)Nc3ccc(C(F)(F)F)cc3)cc2-c2cccnc2)c2cccc(C(F)(F)F)c2n1. The average Bonchev–Trinajstić information content (AvgIpc) is 3.33. The summed E-state index contributed by atoms with van der Waals surface area (Å²) in [6.45, 7) is 1.54. The molecule has 12 heteroatoms. The molecule has 1 N–H and O–H groups in total. The molecule has 0 aliphatic heterocycles. The van der Waals surface area contributed by atoms with Gasteiger partial charge in [0.25, 0.3) is 5.91 Å². The van der Waals surface area contributed by atoms with Crippen molar-refractivity contribution in [1.29, 1.82) is 0 Å². The van der Waals surface area contributed by atoms with Crippen LogP contribution >= 0.6 is 0 Å². The second-order valence-electron chi connectivity index (χ2n) is 8.58. The van der Waals surface area contributed by atoms with Crippen LogP contribution in [-0.2, 0) is 12.4 Å². The number of hydrogen-bond donors (Lipinski definition) is 1. The molecule has 0 unspecified atom stereocenters. The van der Waals surface area contributed by atoms with E-state index in [0.29, 0.717) is 11.3 Å². The van der Waals surface area contributed by atoms with Crippen molar-refractivity contribution in [3.8, 4) is 16.9 Å². The molecule has 6 nitrogen and oxygen atoms in total. The Morgan fingerprint density at radius 1 is 0.897 bits per heavy atom. The standard InChI is InChI=1S/C27H17F6N5O/c1-15-12-23(19-5-2-6-20(24(19)35-15)27(31,32)33)38-22(16-4-3-11-34-14-16)13-21(37-38)25(39)36-18-9-7-17(8-10-18)26(28,29)30/h2-14H,1H3,(H,36,39). The smallest absolute Gasteiger partial charge is 0.321 e. The zero-order valence-electron chi connectivity index (χ0n) is 20.0. The number of nitrogens with zero attached hydrogens (tertiary/aromatic N) is 4. The van der Waals surface area contributed by atoms with Crippen molar-refractivity contribution < 1.29 is 31.1 Å². The van der Waals surface area contributed by atoms with Crippen molar-refractivity contribution >= 4 is 22.5 Å². The van der Waals surface area contributed by atoms with Gasteiger partial charge in [0.05, 0.1) is 28.0 Å². The van der Waals surface area contributed by atoms with Gasteiger partial charge in [-0.1, -0.05) is 12.1 Å². The number of rotatable bonds is 4. The molecule has 2 aromatic carbocycles. The Morgan fingerprint density at radius 2 is 1.64 bits per heavy atom. The van der Waals surface area contributed by atoms with Gasteiger partial charge in [0.1, 0.15) is 0 Å². The van der Waals surface area contributed by atoms with E-state index >= 15 is 0 Å². The van der Waals surface area contributed by atoms with Crippen molar-refractivity contribution in [3.05, 3.63) is 102 Å². The van der Waals surface area contributed by atoms with Crippen molar-refractivity contribution in [2.45, 2.75) is 19.3 Å². The normalized spacial score (nSPS) is 12.1. The molecule has 198 valence electrons. The number of para-hydroxylation sites is 1. The number of aromatic nitrogens is 4. The highest BCUT2D eigenvalue weighted by atomic mass is 19.4. The van der Waals surface area contributed by atoms with Crippen LogP contribution in [0, 0.1) is 6.92 Å². The predicted molar refractivity (Wildman–Crippen MR) is 131 cm³/mol. The number of fused-ring (bicyclic) bond motifs is 1. The molecule has 1 amide bonds. The van der Waals surface area contributed by atoms with Crippen LogP contribution in [0.1, 0.15) is 27.3 Å². The molecule has 0 aliphatic carbocycles. The third-order valence-corrected chi connectivity index (χ3v) is 5.85. The molecule has 3 aromatic heterocycles. The molecule has 0 saturated heterocycles. The summed E-state index contributed by atoms with van der Waals surface area (Å²) >= 11 is 0. The first kappa shape index (κ1) is 25.9. The molecular weight excluding hydrogens is 524 g/mol. The molecule has 5 aromatic rings. The number of pyridine rings is 2. The number of halogens is 6. The summed E-state index contributed by atoms with van der Waals surface area (Å²) in [5.74, 6) is -0.732. The van der Waals surface area contributed by atoms with Crippen LogP contribution in [0.25, 0.3) is 27.8 Å². The first-order chi connectivity index (χ1) is 18.4. The van der Waals surface area contributed by atoms with Crippen molar-refractivity contribution in [1.82, 2.24) is 19.7 Å². The highest BCUT2D eigenvalue weighted by Crippen LogP contribution is 2.37. The first-order valence-electron chi connectivity index (χ1n) is 11.4. The van der Waals surface area contributed by atoms with Crippen molar-refractivity contribution in [3.63, 3.8) is 0 Å². The van der Waals surface area contributed by atoms with Gasteiger partial charge in [-0.15, -0.1) is 0 Å². The monoisotopic (exact) mass is 541 g/mol. The van der Waals surface area contributed by atoms with E-state index < -0.39 is 29.4 Å². The van der Waals surface area contributed by atoms with Gasteiger partial charge < -0.3 is 5.32 Å². The second-order valence-corrected chi connectivity index (χ2v) is 8.58. The fourth-order valence-electron chi connectivity index (χ4n) is 4.09. The number of hydrogen-bond acceptors (Lipinski definition) is 4. The minimum Gasteiger partial charge on any atom is -0.321 e. The summed E-state index contributed by atoms with van der Waals surface area (Å²) in [6.07, 6.45) is -6.15. The second kappa shape index (κ2) is 9.53. The van der Waals surface area contributed by atoms with Crippen LogP contribution in [0.15, 0.2) is 79.1 Å². The number of amides is 1. The number of carbonyl (C=O) groups is 1. The van der Waals surface area contributed by atoms with Crippen molar-refractivity contribution in [2.75, 3.05) is 5.32 Å². The lowest BCUT2D eigenvalue weighted by Gasteiger charge is -2.15. The van der Waals surface area contributed by atoms with Gasteiger partial charge >= 0.3 is 12.4 Å². The highest BCUT2D eigenvalue weighted by molar-refractivity contribution is 6.03. The van der Waals surface area contributed by atoms with Crippen molar-refractivity contribution in [2.24, 2.45) is 0 Å². The first-order valence-corrected chi connectivity index (χ1v) is 11.4. The molecule has 39 heavy (non-hydrogen) atoms. The molecular formula is C27H17F6N5O. The van der Waals surface area contributed by atoms with E-state index in [9.17, 15) is 31.1 Å². The van der Waals surface area contributed by atoms with Crippen LogP contribution in [0.4, 0.5) is 32.0 Å². The largest absolute Gasteiger partial charge is 0.418 e. The topological polar surface area (TPSA) is 72.7 Å². The summed E-state index contributed by atoms with van der Waals surface area (Å²) in [4.78, 5) is 21.3. The number of carbonyl (C=O) groups excluding carboxylic acids is 1. The van der Waals surface area contributed by atoms with Crippen LogP contribution in [0.3, 0.4) is 0 Å². The average molecular weight is 541 g/mol. The van der Waals surface area contributed by atoms with Crippen LogP contribution in [-0.4, -0.2) is 25.7 Å². The Morgan fingerprint density at radius 3 is 2.28 bits per heavy atom. The molecule has 0 saturated carbocycles. The summed E-state index contributed by atoms with van der Waals surface area (Å²) in [6, 6.07) is 13.9. The molecule has 0 atom stereocenters. The quantitative estimate of drug-likeness (QED) is 0.247. The summed E-state index contributed by atoms with van der Waals surface area (Å²) in [5.41, 5.74) is -0.675. The minimum absolute atomic E-state index is 0.102. The number of aryl methyl sites for hydroxylation is 1. The predicted octanol–water partition coefficient (Wildman–Crippen LogP) is 7.08. The van der Waals surface area contributed by atoms with Gasteiger partial charge in [-0.25, -0.2) is 4.68 Å². The zero-order chi connectivity index (χ0) is 27.9. The lowest BCUT2D eigenvalue weighted by Crippen LogP contribution is -2.14. The Hall–Kier alpha value is -4.74. The van der Waals surface area contributed by atoms with E-state index in [1.165, 1.54) is 35.3 Å². The van der Waals surface area contributed by atoms with Gasteiger partial charge in [0.2, 0.25) is 0 Å². The third kappa shape index (κ3) is 5.17. The summed E-state index contributed by atoms with van der Waals surface area (Å²) in [7, 11) is 0. The Bertz CT molecular complexity index is 1680. The van der Waals surface area contributed by atoms with Gasteiger partial charge in [-0.3, -0.25) is 14.8 Å². The van der Waals surface area contributed by atoms with Gasteiger partial charge in [-0.2, -0.15) is 31.4 Å². The van der Waals surface area contributed by atoms with E-state index in [1.807, 2.05) is 0 Å². The van der Waals surface area contributed by atoms with E-state index in [-0.39, 0.29) is 33.7 Å². The number of alkyl halides is 6. The minimum atomic E-state index is -4.65. The highest BCUT2D eigenvalue weighted by Gasteiger charge is 2.34. The molecule has 0 bridgehead atoms. The third-order valence-electron chi connectivity index (χ3n) is 5.85. The fourth-order valence-corrected chi connectivity index (χ4v) is 4.09. The fraction of sp³-hybridized carbons (Fsp3) is 0.111. The lowest BCUT2D eigenvalue weighted by molar-refractivity contribution is -0.138. The lowest BCUT2D eigenvalue weighted by atomic mass is 10.1. The Kier molecular flexibility index (Phi) is 6.33. The van der Waals surface area contributed by atoms with Gasteiger partial charge in [-0.05, 0) is 61.5 Å². The zero-order valence-corrected chi connectivity index (χ0v) is 20.0.